The maximum Gasteiger partial charge on any atom is 0.344 e. The van der Waals surface area contributed by atoms with Gasteiger partial charge in [0.25, 0.3) is 5.91 Å². The zero-order chi connectivity index (χ0) is 20.6. The Kier molecular flexibility index (Phi) is 7.08. The second-order valence-corrected chi connectivity index (χ2v) is 7.06. The molecule has 1 aliphatic heterocycles. The van der Waals surface area contributed by atoms with Crippen LogP contribution in [0.5, 0.6) is 5.75 Å². The third kappa shape index (κ3) is 5.48. The molecule has 1 heterocycles. The van der Waals surface area contributed by atoms with E-state index >= 15 is 0 Å². The van der Waals surface area contributed by atoms with Crippen LogP contribution in [-0.4, -0.2) is 41.7 Å². The molecule has 0 radical (unpaired) electrons. The van der Waals surface area contributed by atoms with Crippen molar-refractivity contribution in [3.63, 3.8) is 0 Å². The fraction of sp³-hybridized carbons (Fsp3) is 0.227. The van der Waals surface area contributed by atoms with Gasteiger partial charge in [0.2, 0.25) is 0 Å². The minimum absolute atomic E-state index is 0.0604. The van der Waals surface area contributed by atoms with Gasteiger partial charge in [-0.05, 0) is 61.5 Å². The first kappa shape index (κ1) is 20.7. The summed E-state index contributed by atoms with van der Waals surface area (Å²) in [6.45, 7) is 4.42. The Hall–Kier alpha value is -3.06. The summed E-state index contributed by atoms with van der Waals surface area (Å²) in [5, 5.41) is 0.671. The fourth-order valence-electron chi connectivity index (χ4n) is 2.64. The number of nitrogens with zero attached hydrogens (tertiary/aromatic N) is 2. The van der Waals surface area contributed by atoms with E-state index in [1.165, 1.54) is 11.8 Å². The average Bonchev–Trinajstić information content (AvgIpc) is 3.02. The van der Waals surface area contributed by atoms with E-state index in [9.17, 15) is 9.59 Å². The topological polar surface area (TPSA) is 68.2 Å². The number of carbonyl (C=O) groups excluding carboxylic acids is 2. The van der Waals surface area contributed by atoms with Crippen LogP contribution in [0.25, 0.3) is 6.08 Å². The van der Waals surface area contributed by atoms with Crippen LogP contribution in [-0.2, 0) is 14.3 Å². The normalized spacial score (nSPS) is 16.5. The summed E-state index contributed by atoms with van der Waals surface area (Å²) in [4.78, 5) is 31.0. The van der Waals surface area contributed by atoms with Crippen molar-refractivity contribution in [2.45, 2.75) is 13.8 Å². The van der Waals surface area contributed by atoms with Crippen LogP contribution in [0.2, 0.25) is 0 Å². The van der Waals surface area contributed by atoms with Crippen LogP contribution in [0, 0.1) is 0 Å². The van der Waals surface area contributed by atoms with Crippen LogP contribution in [0.1, 0.15) is 19.4 Å². The second kappa shape index (κ2) is 9.93. The molecule has 7 heteroatoms. The van der Waals surface area contributed by atoms with Gasteiger partial charge in [0.1, 0.15) is 5.75 Å². The predicted octanol–water partition coefficient (Wildman–Crippen LogP) is 4.25. The lowest BCUT2D eigenvalue weighted by Gasteiger charge is -2.11. The molecule has 1 saturated heterocycles. The first-order chi connectivity index (χ1) is 14.1. The first-order valence-electron chi connectivity index (χ1n) is 9.34. The highest BCUT2D eigenvalue weighted by Crippen LogP contribution is 2.34. The van der Waals surface area contributed by atoms with Crippen molar-refractivity contribution in [1.82, 2.24) is 4.90 Å². The molecule has 0 bridgehead atoms. The number of thioether (sulfide) groups is 1. The summed E-state index contributed by atoms with van der Waals surface area (Å²) in [5.41, 5.74) is 1.67. The number of hydrogen-bond donors (Lipinski definition) is 0. The molecule has 0 atom stereocenters. The molecular formula is C22H22N2O4S. The Morgan fingerprint density at radius 2 is 1.83 bits per heavy atom. The number of benzene rings is 2. The van der Waals surface area contributed by atoms with Crippen LogP contribution >= 0.6 is 11.8 Å². The van der Waals surface area contributed by atoms with Crippen LogP contribution in [0.4, 0.5) is 5.69 Å². The van der Waals surface area contributed by atoms with E-state index < -0.39 is 5.97 Å². The van der Waals surface area contributed by atoms with Crippen molar-refractivity contribution >= 4 is 40.6 Å². The number of amidine groups is 1. The number of hydrogen-bond acceptors (Lipinski definition) is 6. The lowest BCUT2D eigenvalue weighted by Crippen LogP contribution is -2.28. The SMILES string of the molecule is CCOC(=O)COc1ccc(/C=C2/SC(=Nc3ccccc3)N(CC)C2=O)cc1. The molecule has 1 amide bonds. The third-order valence-electron chi connectivity index (χ3n) is 4.03. The summed E-state index contributed by atoms with van der Waals surface area (Å²) in [6.07, 6.45) is 1.83. The Labute approximate surface area is 174 Å². The molecule has 0 spiro atoms. The Bertz CT molecular complexity index is 924. The lowest BCUT2D eigenvalue weighted by atomic mass is 10.2. The van der Waals surface area contributed by atoms with E-state index in [0.29, 0.717) is 29.0 Å². The quantitative estimate of drug-likeness (QED) is 0.504. The molecule has 1 fully saturated rings. The molecule has 0 saturated carbocycles. The van der Waals surface area contributed by atoms with Crippen molar-refractivity contribution in [3.05, 3.63) is 65.1 Å². The van der Waals surface area contributed by atoms with Gasteiger partial charge in [0.15, 0.2) is 11.8 Å². The van der Waals surface area contributed by atoms with Gasteiger partial charge in [-0.25, -0.2) is 9.79 Å². The Balaban J connectivity index is 1.72. The summed E-state index contributed by atoms with van der Waals surface area (Å²) >= 11 is 1.36. The highest BCUT2D eigenvalue weighted by molar-refractivity contribution is 8.18. The molecule has 0 aromatic heterocycles. The van der Waals surface area contributed by atoms with Crippen LogP contribution in [0.3, 0.4) is 0 Å². The molecule has 1 aliphatic rings. The number of aliphatic imine (C=N–C) groups is 1. The van der Waals surface area contributed by atoms with Gasteiger partial charge in [0, 0.05) is 6.54 Å². The molecular weight excluding hydrogens is 388 g/mol. The zero-order valence-corrected chi connectivity index (χ0v) is 17.1. The minimum atomic E-state index is -0.406. The van der Waals surface area contributed by atoms with Crippen molar-refractivity contribution in [1.29, 1.82) is 0 Å². The minimum Gasteiger partial charge on any atom is -0.482 e. The largest absolute Gasteiger partial charge is 0.482 e. The van der Waals surface area contributed by atoms with Gasteiger partial charge in [-0.1, -0.05) is 30.3 Å². The van der Waals surface area contributed by atoms with Gasteiger partial charge in [-0.2, -0.15) is 0 Å². The van der Waals surface area contributed by atoms with Gasteiger partial charge >= 0.3 is 5.97 Å². The summed E-state index contributed by atoms with van der Waals surface area (Å²) < 4.78 is 10.2. The first-order valence-corrected chi connectivity index (χ1v) is 10.2. The van der Waals surface area contributed by atoms with E-state index in [2.05, 4.69) is 4.99 Å². The Morgan fingerprint density at radius 3 is 2.48 bits per heavy atom. The smallest absolute Gasteiger partial charge is 0.344 e. The standard InChI is InChI=1S/C22H22N2O4S/c1-3-24-21(26)19(29-22(24)23-17-8-6-5-7-9-17)14-16-10-12-18(13-11-16)28-15-20(25)27-4-2/h5-14H,3-4,15H2,1-2H3/b19-14+,23-22?. The maximum atomic E-state index is 12.7. The molecule has 0 aliphatic carbocycles. The molecule has 2 aromatic rings. The number of likely N-dealkylation sites (N-methyl/N-ethyl adjacent to an activating group) is 1. The van der Waals surface area contributed by atoms with Crippen molar-refractivity contribution < 1.29 is 19.1 Å². The van der Waals surface area contributed by atoms with Crippen molar-refractivity contribution in [2.75, 3.05) is 19.8 Å². The zero-order valence-electron chi connectivity index (χ0n) is 16.3. The summed E-state index contributed by atoms with van der Waals surface area (Å²) in [5.74, 6) is 0.0958. The maximum absolute atomic E-state index is 12.7. The average molecular weight is 410 g/mol. The van der Waals surface area contributed by atoms with Crippen LogP contribution < -0.4 is 4.74 Å². The van der Waals surface area contributed by atoms with Crippen LogP contribution in [0.15, 0.2) is 64.5 Å². The summed E-state index contributed by atoms with van der Waals surface area (Å²) in [6, 6.07) is 16.8. The molecule has 0 N–H and O–H groups in total. The van der Waals surface area contributed by atoms with E-state index in [1.54, 1.807) is 24.0 Å². The number of amides is 1. The number of rotatable bonds is 7. The highest BCUT2D eigenvalue weighted by atomic mass is 32.2. The monoisotopic (exact) mass is 410 g/mol. The number of esters is 1. The molecule has 2 aromatic carbocycles. The van der Waals surface area contributed by atoms with Gasteiger partial charge in [0.05, 0.1) is 17.2 Å². The molecule has 3 rings (SSSR count). The van der Waals surface area contributed by atoms with Crippen molar-refractivity contribution in [3.8, 4) is 5.75 Å². The van der Waals surface area contributed by atoms with Gasteiger partial charge < -0.3 is 9.47 Å². The third-order valence-corrected chi connectivity index (χ3v) is 5.03. The van der Waals surface area contributed by atoms with Gasteiger partial charge in [-0.3, -0.25) is 9.69 Å². The van der Waals surface area contributed by atoms with Crippen molar-refractivity contribution in [2.24, 2.45) is 4.99 Å². The van der Waals surface area contributed by atoms with Gasteiger partial charge in [-0.15, -0.1) is 0 Å². The highest BCUT2D eigenvalue weighted by Gasteiger charge is 2.32. The fourth-order valence-corrected chi connectivity index (χ4v) is 3.70. The number of para-hydroxylation sites is 1. The van der Waals surface area contributed by atoms with E-state index in [-0.39, 0.29) is 12.5 Å². The van der Waals surface area contributed by atoms with E-state index in [4.69, 9.17) is 9.47 Å². The van der Waals surface area contributed by atoms with E-state index in [1.807, 2.05) is 55.5 Å². The lowest BCUT2D eigenvalue weighted by molar-refractivity contribution is -0.145. The predicted molar refractivity (Wildman–Crippen MR) is 115 cm³/mol. The summed E-state index contributed by atoms with van der Waals surface area (Å²) in [7, 11) is 0. The van der Waals surface area contributed by atoms with E-state index in [0.717, 1.165) is 11.3 Å². The Morgan fingerprint density at radius 1 is 1.10 bits per heavy atom. The molecule has 6 nitrogen and oxygen atoms in total. The number of carbonyl (C=O) groups is 2. The molecule has 29 heavy (non-hydrogen) atoms. The molecule has 0 unspecified atom stereocenters. The second-order valence-electron chi connectivity index (χ2n) is 6.05. The molecule has 150 valence electrons. The number of ether oxygens (including phenoxy) is 2.